The minimum Gasteiger partial charge on any atom is -0.508 e. The Morgan fingerprint density at radius 3 is 2.87 bits per heavy atom. The van der Waals surface area contributed by atoms with Gasteiger partial charge in [0.15, 0.2) is 0 Å². The molecular formula is C16H12ClN5O. The number of nitrogens with zero attached hydrogens (tertiary/aromatic N) is 5. The molecule has 23 heavy (non-hydrogen) atoms. The molecule has 6 nitrogen and oxygen atoms in total. The highest BCUT2D eigenvalue weighted by atomic mass is 35.5. The molecule has 0 spiro atoms. The number of aromatic hydroxyl groups is 1. The van der Waals surface area contributed by atoms with Gasteiger partial charge in [0.25, 0.3) is 0 Å². The van der Waals surface area contributed by atoms with E-state index in [4.69, 9.17) is 16.9 Å². The van der Waals surface area contributed by atoms with Crippen LogP contribution in [0, 0.1) is 11.3 Å². The van der Waals surface area contributed by atoms with Crippen LogP contribution in [0.5, 0.6) is 5.75 Å². The van der Waals surface area contributed by atoms with Crippen molar-refractivity contribution in [3.63, 3.8) is 0 Å². The van der Waals surface area contributed by atoms with Crippen molar-refractivity contribution in [2.75, 3.05) is 0 Å². The zero-order valence-electron chi connectivity index (χ0n) is 12.0. The monoisotopic (exact) mass is 325 g/mol. The van der Waals surface area contributed by atoms with Gasteiger partial charge in [-0.1, -0.05) is 11.6 Å². The van der Waals surface area contributed by atoms with Crippen LogP contribution >= 0.6 is 11.6 Å². The summed E-state index contributed by atoms with van der Waals surface area (Å²) in [7, 11) is 0. The molecule has 0 amide bonds. The van der Waals surface area contributed by atoms with Crippen LogP contribution in [-0.4, -0.2) is 24.9 Å². The Morgan fingerprint density at radius 1 is 1.30 bits per heavy atom. The van der Waals surface area contributed by atoms with Gasteiger partial charge < -0.3 is 5.11 Å². The van der Waals surface area contributed by atoms with Gasteiger partial charge in [-0.05, 0) is 24.3 Å². The number of aryl methyl sites for hydroxylation is 1. The summed E-state index contributed by atoms with van der Waals surface area (Å²) in [4.78, 5) is 8.16. The molecule has 0 saturated heterocycles. The lowest BCUT2D eigenvalue weighted by Crippen LogP contribution is -1.97. The van der Waals surface area contributed by atoms with E-state index in [1.54, 1.807) is 29.1 Å². The van der Waals surface area contributed by atoms with Crippen LogP contribution in [0.2, 0.25) is 5.02 Å². The molecule has 7 heteroatoms. The van der Waals surface area contributed by atoms with Crippen LogP contribution < -0.4 is 0 Å². The standard InChI is InChI=1S/C16H12ClN5O/c17-12-6-11(7-13(23)8-12)16-14(15-2-4-19-10-20-15)9-22(21-16)5-1-3-18/h2,4,6-10,23H,1,5H2. The number of rotatable bonds is 4. The number of phenols is 1. The second-order valence-corrected chi connectivity index (χ2v) is 5.29. The lowest BCUT2D eigenvalue weighted by molar-refractivity contribution is 0.475. The fourth-order valence-electron chi connectivity index (χ4n) is 2.26. The molecule has 1 aromatic carbocycles. The zero-order valence-corrected chi connectivity index (χ0v) is 12.8. The average Bonchev–Trinajstić information content (AvgIpc) is 2.97. The van der Waals surface area contributed by atoms with Crippen molar-refractivity contribution in [1.29, 1.82) is 5.26 Å². The third-order valence-electron chi connectivity index (χ3n) is 3.23. The molecule has 0 saturated carbocycles. The van der Waals surface area contributed by atoms with Gasteiger partial charge in [0, 0.05) is 28.5 Å². The normalized spacial score (nSPS) is 10.4. The molecule has 114 valence electrons. The first-order chi connectivity index (χ1) is 11.2. The zero-order chi connectivity index (χ0) is 16.2. The lowest BCUT2D eigenvalue weighted by Gasteiger charge is -2.03. The molecule has 0 atom stereocenters. The van der Waals surface area contributed by atoms with Gasteiger partial charge in [-0.2, -0.15) is 10.4 Å². The molecule has 0 bridgehead atoms. The number of hydrogen-bond donors (Lipinski definition) is 1. The Balaban J connectivity index is 2.14. The first-order valence-corrected chi connectivity index (χ1v) is 7.26. The van der Waals surface area contributed by atoms with E-state index in [0.717, 1.165) is 5.56 Å². The van der Waals surface area contributed by atoms with Gasteiger partial charge in [-0.15, -0.1) is 0 Å². The van der Waals surface area contributed by atoms with E-state index in [0.29, 0.717) is 34.9 Å². The molecule has 2 heterocycles. The number of halogens is 1. The topological polar surface area (TPSA) is 87.6 Å². The molecule has 0 aliphatic rings. The molecule has 3 aromatic rings. The molecular weight excluding hydrogens is 314 g/mol. The molecule has 0 aliphatic heterocycles. The maximum Gasteiger partial charge on any atom is 0.117 e. The van der Waals surface area contributed by atoms with E-state index in [2.05, 4.69) is 21.1 Å². The van der Waals surface area contributed by atoms with Crippen LogP contribution in [0.25, 0.3) is 22.5 Å². The summed E-state index contributed by atoms with van der Waals surface area (Å²) in [5.74, 6) is 0.0627. The van der Waals surface area contributed by atoms with E-state index >= 15 is 0 Å². The first kappa shape index (κ1) is 15.0. The van der Waals surface area contributed by atoms with Crippen LogP contribution in [0.3, 0.4) is 0 Å². The molecule has 0 unspecified atom stereocenters. The van der Waals surface area contributed by atoms with Crippen molar-refractivity contribution in [3.05, 3.63) is 48.0 Å². The number of benzene rings is 1. The van der Waals surface area contributed by atoms with Crippen molar-refractivity contribution in [1.82, 2.24) is 19.7 Å². The van der Waals surface area contributed by atoms with Crippen molar-refractivity contribution in [3.8, 4) is 34.3 Å². The highest BCUT2D eigenvalue weighted by Gasteiger charge is 2.15. The Labute approximate surface area is 137 Å². The van der Waals surface area contributed by atoms with Crippen LogP contribution in [0.15, 0.2) is 43.0 Å². The summed E-state index contributed by atoms with van der Waals surface area (Å²) >= 11 is 6.03. The smallest absolute Gasteiger partial charge is 0.117 e. The highest BCUT2D eigenvalue weighted by molar-refractivity contribution is 6.31. The quantitative estimate of drug-likeness (QED) is 0.795. The maximum atomic E-state index is 9.78. The Kier molecular flexibility index (Phi) is 4.22. The fourth-order valence-corrected chi connectivity index (χ4v) is 2.49. The summed E-state index contributed by atoms with van der Waals surface area (Å²) < 4.78 is 1.69. The highest BCUT2D eigenvalue weighted by Crippen LogP contribution is 2.33. The maximum absolute atomic E-state index is 9.78. The van der Waals surface area contributed by atoms with Gasteiger partial charge in [0.1, 0.15) is 17.8 Å². The van der Waals surface area contributed by atoms with Gasteiger partial charge in [-0.3, -0.25) is 4.68 Å². The molecule has 1 N–H and O–H groups in total. The number of nitriles is 1. The van der Waals surface area contributed by atoms with E-state index in [9.17, 15) is 5.11 Å². The number of hydrogen-bond acceptors (Lipinski definition) is 5. The molecule has 3 rings (SSSR count). The SMILES string of the molecule is N#CCCn1cc(-c2ccncn2)c(-c2cc(O)cc(Cl)c2)n1. The van der Waals surface area contributed by atoms with Crippen molar-refractivity contribution < 1.29 is 5.11 Å². The van der Waals surface area contributed by atoms with E-state index < -0.39 is 0 Å². The van der Waals surface area contributed by atoms with Crippen molar-refractivity contribution in [2.24, 2.45) is 0 Å². The lowest BCUT2D eigenvalue weighted by atomic mass is 10.1. The minimum absolute atomic E-state index is 0.0627. The Hall–Kier alpha value is -2.91. The average molecular weight is 326 g/mol. The summed E-state index contributed by atoms with van der Waals surface area (Å²) in [6.07, 6.45) is 5.29. The van der Waals surface area contributed by atoms with E-state index in [-0.39, 0.29) is 5.75 Å². The van der Waals surface area contributed by atoms with Crippen molar-refractivity contribution >= 4 is 11.6 Å². The van der Waals surface area contributed by atoms with Gasteiger partial charge in [0.2, 0.25) is 0 Å². The molecule has 0 fully saturated rings. The second kappa shape index (κ2) is 6.46. The Morgan fingerprint density at radius 2 is 2.17 bits per heavy atom. The molecule has 0 aliphatic carbocycles. The van der Waals surface area contributed by atoms with Gasteiger partial charge >= 0.3 is 0 Å². The summed E-state index contributed by atoms with van der Waals surface area (Å²) in [6.45, 7) is 0.473. The third kappa shape index (κ3) is 3.30. The summed E-state index contributed by atoms with van der Waals surface area (Å²) in [5, 5.41) is 23.5. The largest absolute Gasteiger partial charge is 0.508 e. The van der Waals surface area contributed by atoms with Crippen LogP contribution in [0.4, 0.5) is 0 Å². The predicted octanol–water partition coefficient (Wildman–Crippen LogP) is 3.28. The number of aromatic nitrogens is 4. The second-order valence-electron chi connectivity index (χ2n) is 4.86. The van der Waals surface area contributed by atoms with Gasteiger partial charge in [0.05, 0.1) is 24.7 Å². The molecule has 0 radical (unpaired) electrons. The predicted molar refractivity (Wildman–Crippen MR) is 85.6 cm³/mol. The third-order valence-corrected chi connectivity index (χ3v) is 3.45. The minimum atomic E-state index is 0.0627. The van der Waals surface area contributed by atoms with Gasteiger partial charge in [-0.25, -0.2) is 9.97 Å². The first-order valence-electron chi connectivity index (χ1n) is 6.88. The summed E-state index contributed by atoms with van der Waals surface area (Å²) in [6, 6.07) is 8.65. The summed E-state index contributed by atoms with van der Waals surface area (Å²) in [5.41, 5.74) is 2.81. The van der Waals surface area contributed by atoms with E-state index in [1.807, 2.05) is 6.20 Å². The van der Waals surface area contributed by atoms with Crippen molar-refractivity contribution in [2.45, 2.75) is 13.0 Å². The fraction of sp³-hybridized carbons (Fsp3) is 0.125. The van der Waals surface area contributed by atoms with Crippen LogP contribution in [0.1, 0.15) is 6.42 Å². The van der Waals surface area contributed by atoms with Crippen LogP contribution in [-0.2, 0) is 6.54 Å². The molecule has 2 aromatic heterocycles. The Bertz CT molecular complexity index is 850. The van der Waals surface area contributed by atoms with E-state index in [1.165, 1.54) is 12.4 Å². The number of phenolic OH excluding ortho intramolecular Hbond substituents is 1.